The second-order valence-corrected chi connectivity index (χ2v) is 3.96. The van der Waals surface area contributed by atoms with Gasteiger partial charge in [-0.3, -0.25) is 10.1 Å². The minimum absolute atomic E-state index is 0.226. The molecule has 1 atom stereocenters. The summed E-state index contributed by atoms with van der Waals surface area (Å²) in [6, 6.07) is 4.24. The molecule has 0 bridgehead atoms. The fourth-order valence-electron chi connectivity index (χ4n) is 1.70. The van der Waals surface area contributed by atoms with Crippen LogP contribution in [-0.4, -0.2) is 15.2 Å². The van der Waals surface area contributed by atoms with Crippen molar-refractivity contribution in [1.82, 2.24) is 15.2 Å². The van der Waals surface area contributed by atoms with Crippen LogP contribution in [0.5, 0.6) is 0 Å². The third-order valence-corrected chi connectivity index (χ3v) is 2.67. The van der Waals surface area contributed by atoms with Crippen molar-refractivity contribution in [2.45, 2.75) is 26.8 Å². The molecule has 2 aromatic heterocycles. The van der Waals surface area contributed by atoms with Crippen molar-refractivity contribution < 1.29 is 0 Å². The molecule has 0 amide bonds. The van der Waals surface area contributed by atoms with Gasteiger partial charge in [0.15, 0.2) is 0 Å². The van der Waals surface area contributed by atoms with Gasteiger partial charge in [0.1, 0.15) is 0 Å². The summed E-state index contributed by atoms with van der Waals surface area (Å²) in [5, 5.41) is 10.6. The van der Waals surface area contributed by atoms with E-state index in [1.807, 2.05) is 26.1 Å². The second kappa shape index (κ2) is 4.35. The van der Waals surface area contributed by atoms with Crippen molar-refractivity contribution in [3.8, 4) is 0 Å². The number of nitrogens with one attached hydrogen (secondary N) is 2. The topological polar surface area (TPSA) is 53.6 Å². The smallest absolute Gasteiger partial charge is 0.0825 e. The molecular formula is C12H16N4. The standard InChI is InChI=1S/C12H16N4/c1-8(11-5-4-6-13-7-11)14-12-9(2)15-16-10(12)3/h4-8,14H,1-3H3,(H,15,16). The lowest BCUT2D eigenvalue weighted by molar-refractivity contribution is 0.872. The lowest BCUT2D eigenvalue weighted by atomic mass is 10.1. The van der Waals surface area contributed by atoms with Crippen LogP contribution in [0.3, 0.4) is 0 Å². The van der Waals surface area contributed by atoms with Crippen LogP contribution >= 0.6 is 0 Å². The number of anilines is 1. The predicted octanol–water partition coefficient (Wildman–Crippen LogP) is 2.59. The van der Waals surface area contributed by atoms with Crippen LogP contribution in [0.2, 0.25) is 0 Å². The molecule has 1 unspecified atom stereocenters. The summed E-state index contributed by atoms with van der Waals surface area (Å²) in [7, 11) is 0. The third kappa shape index (κ3) is 2.05. The summed E-state index contributed by atoms with van der Waals surface area (Å²) < 4.78 is 0. The predicted molar refractivity (Wildman–Crippen MR) is 64.3 cm³/mol. The number of aromatic nitrogens is 3. The van der Waals surface area contributed by atoms with Gasteiger partial charge < -0.3 is 5.32 Å². The Balaban J connectivity index is 2.17. The monoisotopic (exact) mass is 216 g/mol. The van der Waals surface area contributed by atoms with Crippen molar-refractivity contribution in [2.24, 2.45) is 0 Å². The molecule has 0 aliphatic carbocycles. The summed E-state index contributed by atoms with van der Waals surface area (Å²) in [5.74, 6) is 0. The molecule has 0 aliphatic rings. The molecule has 2 aromatic rings. The highest BCUT2D eigenvalue weighted by Crippen LogP contribution is 2.22. The number of hydrogen-bond acceptors (Lipinski definition) is 3. The number of hydrogen-bond donors (Lipinski definition) is 2. The number of aromatic amines is 1. The van der Waals surface area contributed by atoms with Gasteiger partial charge in [-0.05, 0) is 32.4 Å². The Morgan fingerprint density at radius 2 is 2.19 bits per heavy atom. The first-order valence-corrected chi connectivity index (χ1v) is 5.36. The number of rotatable bonds is 3. The number of H-pyrrole nitrogens is 1. The molecule has 2 rings (SSSR count). The Kier molecular flexibility index (Phi) is 2.90. The zero-order valence-corrected chi connectivity index (χ0v) is 9.78. The highest BCUT2D eigenvalue weighted by molar-refractivity contribution is 5.52. The van der Waals surface area contributed by atoms with Gasteiger partial charge in [-0.25, -0.2) is 0 Å². The van der Waals surface area contributed by atoms with Gasteiger partial charge in [0.2, 0.25) is 0 Å². The van der Waals surface area contributed by atoms with Gasteiger partial charge in [-0.1, -0.05) is 6.07 Å². The minimum Gasteiger partial charge on any atom is -0.375 e. The highest BCUT2D eigenvalue weighted by Gasteiger charge is 2.10. The van der Waals surface area contributed by atoms with E-state index in [4.69, 9.17) is 0 Å². The molecule has 16 heavy (non-hydrogen) atoms. The Morgan fingerprint density at radius 3 is 2.75 bits per heavy atom. The van der Waals surface area contributed by atoms with Crippen LogP contribution in [0.4, 0.5) is 5.69 Å². The fourth-order valence-corrected chi connectivity index (χ4v) is 1.70. The maximum Gasteiger partial charge on any atom is 0.0825 e. The van der Waals surface area contributed by atoms with E-state index >= 15 is 0 Å². The van der Waals surface area contributed by atoms with Crippen molar-refractivity contribution >= 4 is 5.69 Å². The summed E-state index contributed by atoms with van der Waals surface area (Å²) >= 11 is 0. The van der Waals surface area contributed by atoms with Gasteiger partial charge in [0, 0.05) is 12.4 Å². The van der Waals surface area contributed by atoms with Crippen LogP contribution in [0.25, 0.3) is 0 Å². The molecule has 0 aliphatic heterocycles. The molecule has 0 aromatic carbocycles. The molecule has 0 radical (unpaired) electrons. The Bertz CT molecular complexity index is 442. The van der Waals surface area contributed by atoms with E-state index in [0.29, 0.717) is 0 Å². The van der Waals surface area contributed by atoms with E-state index in [9.17, 15) is 0 Å². The van der Waals surface area contributed by atoms with Crippen molar-refractivity contribution in [2.75, 3.05) is 5.32 Å². The maximum absolute atomic E-state index is 4.16. The molecule has 4 heteroatoms. The largest absolute Gasteiger partial charge is 0.375 e. The summed E-state index contributed by atoms with van der Waals surface area (Å²) in [6.45, 7) is 6.11. The number of pyridine rings is 1. The van der Waals surface area contributed by atoms with Gasteiger partial charge >= 0.3 is 0 Å². The molecule has 4 nitrogen and oxygen atoms in total. The number of aryl methyl sites for hydroxylation is 2. The molecule has 0 fully saturated rings. The van der Waals surface area contributed by atoms with Crippen LogP contribution in [0, 0.1) is 13.8 Å². The number of nitrogens with zero attached hydrogens (tertiary/aromatic N) is 2. The molecule has 2 N–H and O–H groups in total. The van der Waals surface area contributed by atoms with E-state index in [1.54, 1.807) is 6.20 Å². The first-order valence-electron chi connectivity index (χ1n) is 5.36. The van der Waals surface area contributed by atoms with Gasteiger partial charge in [0.25, 0.3) is 0 Å². The first kappa shape index (κ1) is 10.7. The molecule has 84 valence electrons. The normalized spacial score (nSPS) is 12.4. The van der Waals surface area contributed by atoms with Crippen LogP contribution in [0.1, 0.15) is 29.9 Å². The summed E-state index contributed by atoms with van der Waals surface area (Å²) in [6.07, 6.45) is 3.66. The zero-order valence-electron chi connectivity index (χ0n) is 9.78. The second-order valence-electron chi connectivity index (χ2n) is 3.96. The SMILES string of the molecule is Cc1n[nH]c(C)c1NC(C)c1cccnc1. The van der Waals surface area contributed by atoms with E-state index in [0.717, 1.165) is 17.1 Å². The van der Waals surface area contributed by atoms with Gasteiger partial charge in [-0.15, -0.1) is 0 Å². The molecule has 0 saturated carbocycles. The van der Waals surface area contributed by atoms with E-state index < -0.39 is 0 Å². The molecular weight excluding hydrogens is 200 g/mol. The lowest BCUT2D eigenvalue weighted by Crippen LogP contribution is -2.07. The Hall–Kier alpha value is -1.84. The first-order chi connectivity index (χ1) is 7.68. The van der Waals surface area contributed by atoms with Crippen molar-refractivity contribution in [3.63, 3.8) is 0 Å². The molecule has 0 saturated heterocycles. The summed E-state index contributed by atoms with van der Waals surface area (Å²) in [5.41, 5.74) is 4.31. The van der Waals surface area contributed by atoms with E-state index in [1.165, 1.54) is 5.56 Å². The highest BCUT2D eigenvalue weighted by atomic mass is 15.2. The quantitative estimate of drug-likeness (QED) is 0.829. The average molecular weight is 216 g/mol. The van der Waals surface area contributed by atoms with Crippen LogP contribution in [0.15, 0.2) is 24.5 Å². The Morgan fingerprint density at radius 1 is 1.38 bits per heavy atom. The molecule has 0 spiro atoms. The fraction of sp³-hybridized carbons (Fsp3) is 0.333. The van der Waals surface area contributed by atoms with Gasteiger partial charge in [-0.2, -0.15) is 5.10 Å². The minimum atomic E-state index is 0.226. The van der Waals surface area contributed by atoms with Crippen molar-refractivity contribution in [1.29, 1.82) is 0 Å². The summed E-state index contributed by atoms with van der Waals surface area (Å²) in [4.78, 5) is 4.12. The molecule has 2 heterocycles. The van der Waals surface area contributed by atoms with Crippen LogP contribution < -0.4 is 5.32 Å². The van der Waals surface area contributed by atoms with Crippen LogP contribution in [-0.2, 0) is 0 Å². The van der Waals surface area contributed by atoms with E-state index in [2.05, 4.69) is 33.5 Å². The maximum atomic E-state index is 4.16. The zero-order chi connectivity index (χ0) is 11.5. The average Bonchev–Trinajstić information content (AvgIpc) is 2.62. The van der Waals surface area contributed by atoms with Gasteiger partial charge in [0.05, 0.1) is 23.1 Å². The van der Waals surface area contributed by atoms with E-state index in [-0.39, 0.29) is 6.04 Å². The lowest BCUT2D eigenvalue weighted by Gasteiger charge is -2.15. The Labute approximate surface area is 95.1 Å². The van der Waals surface area contributed by atoms with Crippen molar-refractivity contribution in [3.05, 3.63) is 41.5 Å². The third-order valence-electron chi connectivity index (χ3n) is 2.67.